The lowest BCUT2D eigenvalue weighted by Gasteiger charge is -2.33. The normalized spacial score (nSPS) is 12.2. The van der Waals surface area contributed by atoms with E-state index in [2.05, 4.69) is 5.32 Å². The number of hydrogen-bond acceptors (Lipinski definition) is 4. The highest BCUT2D eigenvalue weighted by molar-refractivity contribution is 7.92. The monoisotopic (exact) mass is 513 g/mol. The summed E-state index contributed by atoms with van der Waals surface area (Å²) < 4.78 is 26.0. The maximum absolute atomic E-state index is 13.5. The van der Waals surface area contributed by atoms with Crippen LogP contribution in [0.25, 0.3) is 0 Å². The van der Waals surface area contributed by atoms with Crippen LogP contribution < -0.4 is 9.62 Å². The predicted molar refractivity (Wildman–Crippen MR) is 133 cm³/mol. The number of nitrogens with zero attached hydrogens (tertiary/aromatic N) is 2. The third-order valence-corrected chi connectivity index (χ3v) is 6.88. The van der Waals surface area contributed by atoms with Gasteiger partial charge in [-0.25, -0.2) is 8.42 Å². The topological polar surface area (TPSA) is 86.8 Å². The van der Waals surface area contributed by atoms with Gasteiger partial charge in [-0.15, -0.1) is 0 Å². The van der Waals surface area contributed by atoms with Gasteiger partial charge in [-0.3, -0.25) is 13.9 Å². The molecule has 0 aromatic heterocycles. The van der Waals surface area contributed by atoms with Gasteiger partial charge in [-0.05, 0) is 42.7 Å². The van der Waals surface area contributed by atoms with Crippen LogP contribution in [0.5, 0.6) is 0 Å². The van der Waals surface area contributed by atoms with Crippen LogP contribution in [0, 0.1) is 0 Å². The van der Waals surface area contributed by atoms with Crippen LogP contribution in [-0.4, -0.2) is 50.5 Å². The third-order valence-electron chi connectivity index (χ3n) is 5.00. The molecule has 0 bridgehead atoms. The summed E-state index contributed by atoms with van der Waals surface area (Å²) in [6.45, 7) is 3.84. The molecule has 1 atom stereocenters. The minimum Gasteiger partial charge on any atom is -0.354 e. The number of hydrogen-bond donors (Lipinski definition) is 1. The molecule has 2 aromatic rings. The fourth-order valence-corrected chi connectivity index (χ4v) is 4.50. The number of carbonyl (C=O) groups excluding carboxylic acids is 2. The fourth-order valence-electron chi connectivity index (χ4n) is 3.33. The number of amides is 2. The van der Waals surface area contributed by atoms with Crippen LogP contribution in [0.1, 0.15) is 32.3 Å². The molecular weight excluding hydrogens is 485 g/mol. The second-order valence-electron chi connectivity index (χ2n) is 7.59. The van der Waals surface area contributed by atoms with Crippen molar-refractivity contribution in [2.24, 2.45) is 0 Å². The lowest BCUT2D eigenvalue weighted by molar-refractivity contribution is -0.140. The summed E-state index contributed by atoms with van der Waals surface area (Å²) in [5, 5.41) is 3.53. The lowest BCUT2D eigenvalue weighted by Crippen LogP contribution is -2.52. The Morgan fingerprint density at radius 2 is 1.70 bits per heavy atom. The fraction of sp³-hybridized carbons (Fsp3) is 0.391. The highest BCUT2D eigenvalue weighted by atomic mass is 35.5. The second kappa shape index (κ2) is 12.3. The van der Waals surface area contributed by atoms with Crippen molar-refractivity contribution < 1.29 is 18.0 Å². The van der Waals surface area contributed by atoms with Crippen molar-refractivity contribution >= 4 is 50.7 Å². The summed E-state index contributed by atoms with van der Waals surface area (Å²) in [6.07, 6.45) is 2.15. The van der Waals surface area contributed by atoms with Crippen molar-refractivity contribution in [1.29, 1.82) is 0 Å². The molecule has 0 heterocycles. The van der Waals surface area contributed by atoms with E-state index in [1.807, 2.05) is 6.92 Å². The number of para-hydroxylation sites is 1. The Morgan fingerprint density at radius 1 is 1.03 bits per heavy atom. The summed E-state index contributed by atoms with van der Waals surface area (Å²) in [5.41, 5.74) is 1.04. The Morgan fingerprint density at radius 3 is 2.24 bits per heavy atom. The molecule has 0 spiro atoms. The highest BCUT2D eigenvalue weighted by Crippen LogP contribution is 2.25. The number of nitrogens with one attached hydrogen (secondary N) is 1. The number of sulfonamides is 1. The average Bonchev–Trinajstić information content (AvgIpc) is 2.77. The van der Waals surface area contributed by atoms with Crippen LogP contribution >= 0.6 is 23.2 Å². The van der Waals surface area contributed by atoms with E-state index in [1.54, 1.807) is 55.5 Å². The van der Waals surface area contributed by atoms with E-state index in [-0.39, 0.29) is 12.5 Å². The molecule has 0 radical (unpaired) electrons. The van der Waals surface area contributed by atoms with Crippen LogP contribution in [0.4, 0.5) is 5.69 Å². The number of carbonyl (C=O) groups is 2. The second-order valence-corrected chi connectivity index (χ2v) is 10.3. The molecule has 180 valence electrons. The Bertz CT molecular complexity index is 1060. The Labute approximate surface area is 205 Å². The van der Waals surface area contributed by atoms with Gasteiger partial charge in [-0.2, -0.15) is 0 Å². The molecule has 1 unspecified atom stereocenters. The summed E-state index contributed by atoms with van der Waals surface area (Å²) in [6, 6.07) is 12.6. The summed E-state index contributed by atoms with van der Waals surface area (Å²) in [7, 11) is -3.75. The van der Waals surface area contributed by atoms with Crippen LogP contribution in [-0.2, 0) is 26.2 Å². The quantitative estimate of drug-likeness (QED) is 0.490. The van der Waals surface area contributed by atoms with Crippen molar-refractivity contribution in [2.45, 2.75) is 39.3 Å². The third kappa shape index (κ3) is 7.62. The lowest BCUT2D eigenvalue weighted by atomic mass is 10.1. The summed E-state index contributed by atoms with van der Waals surface area (Å²) in [5.74, 6) is -0.799. The zero-order valence-electron chi connectivity index (χ0n) is 18.9. The molecule has 0 saturated carbocycles. The highest BCUT2D eigenvalue weighted by Gasteiger charge is 2.31. The minimum absolute atomic E-state index is 0.0696. The van der Waals surface area contributed by atoms with Gasteiger partial charge < -0.3 is 10.2 Å². The molecule has 2 rings (SSSR count). The molecule has 0 aliphatic carbocycles. The SMILES string of the molecule is CCCNC(=O)C(CC)N(Cc1ccc(Cl)c(Cl)c1)C(=O)CN(c1ccccc1)S(C)(=O)=O. The van der Waals surface area contributed by atoms with Gasteiger partial charge in [0.25, 0.3) is 0 Å². The molecule has 2 amide bonds. The van der Waals surface area contributed by atoms with E-state index in [9.17, 15) is 18.0 Å². The standard InChI is InChI=1S/C23H29Cl2N3O4S/c1-4-13-26-23(30)21(5-2)27(15-17-11-12-19(24)20(25)14-17)22(29)16-28(33(3,31)32)18-9-7-6-8-10-18/h6-12,14,21H,4-5,13,15-16H2,1-3H3,(H,26,30). The first kappa shape index (κ1) is 27.0. The number of rotatable bonds is 11. The van der Waals surface area contributed by atoms with E-state index >= 15 is 0 Å². The van der Waals surface area contributed by atoms with E-state index in [1.165, 1.54) is 4.90 Å². The molecule has 10 heteroatoms. The number of anilines is 1. The first-order valence-corrected chi connectivity index (χ1v) is 13.2. The van der Waals surface area contributed by atoms with E-state index in [4.69, 9.17) is 23.2 Å². The van der Waals surface area contributed by atoms with Crippen molar-refractivity contribution in [3.8, 4) is 0 Å². The van der Waals surface area contributed by atoms with Gasteiger partial charge in [0.15, 0.2) is 0 Å². The van der Waals surface area contributed by atoms with E-state index in [0.717, 1.165) is 17.0 Å². The average molecular weight is 514 g/mol. The Hall–Kier alpha value is -2.29. The largest absolute Gasteiger partial charge is 0.354 e. The minimum atomic E-state index is -3.75. The molecule has 0 fully saturated rings. The molecule has 0 aliphatic heterocycles. The van der Waals surface area contributed by atoms with Gasteiger partial charge in [0.1, 0.15) is 12.6 Å². The van der Waals surface area contributed by atoms with Gasteiger partial charge in [0.05, 0.1) is 22.0 Å². The number of benzene rings is 2. The van der Waals surface area contributed by atoms with Gasteiger partial charge in [0.2, 0.25) is 21.8 Å². The van der Waals surface area contributed by atoms with Crippen molar-refractivity contribution in [3.05, 3.63) is 64.1 Å². The zero-order chi connectivity index (χ0) is 24.6. The van der Waals surface area contributed by atoms with Crippen LogP contribution in [0.2, 0.25) is 10.0 Å². The maximum atomic E-state index is 13.5. The molecule has 7 nitrogen and oxygen atoms in total. The van der Waals surface area contributed by atoms with Gasteiger partial charge in [0, 0.05) is 13.1 Å². The van der Waals surface area contributed by atoms with Crippen molar-refractivity contribution in [3.63, 3.8) is 0 Å². The molecule has 0 aliphatic rings. The predicted octanol–water partition coefficient (Wildman–Crippen LogP) is 4.09. The van der Waals surface area contributed by atoms with Crippen molar-refractivity contribution in [2.75, 3.05) is 23.7 Å². The Kier molecular flexibility index (Phi) is 10.0. The summed E-state index contributed by atoms with van der Waals surface area (Å²) >= 11 is 12.2. The van der Waals surface area contributed by atoms with Crippen LogP contribution in [0.3, 0.4) is 0 Å². The molecule has 33 heavy (non-hydrogen) atoms. The van der Waals surface area contributed by atoms with E-state index < -0.39 is 28.5 Å². The molecular formula is C23H29Cl2N3O4S. The molecule has 1 N–H and O–H groups in total. The van der Waals surface area contributed by atoms with Gasteiger partial charge >= 0.3 is 0 Å². The van der Waals surface area contributed by atoms with Crippen molar-refractivity contribution in [1.82, 2.24) is 10.2 Å². The first-order chi connectivity index (χ1) is 15.6. The first-order valence-electron chi connectivity index (χ1n) is 10.6. The van der Waals surface area contributed by atoms with Gasteiger partial charge in [-0.1, -0.05) is 61.3 Å². The molecule has 2 aromatic carbocycles. The van der Waals surface area contributed by atoms with E-state index in [0.29, 0.717) is 34.3 Å². The van der Waals surface area contributed by atoms with Crippen LogP contribution in [0.15, 0.2) is 48.5 Å². The number of halogens is 2. The Balaban J connectivity index is 2.42. The molecule has 0 saturated heterocycles. The zero-order valence-corrected chi connectivity index (χ0v) is 21.3. The summed E-state index contributed by atoms with van der Waals surface area (Å²) in [4.78, 5) is 27.7. The maximum Gasteiger partial charge on any atom is 0.244 e. The smallest absolute Gasteiger partial charge is 0.244 e.